The molecular formula is C18H26N4OS. The van der Waals surface area contributed by atoms with Gasteiger partial charge in [0.25, 0.3) is 0 Å². The summed E-state index contributed by atoms with van der Waals surface area (Å²) in [5.41, 5.74) is 1.31. The average molecular weight is 347 g/mol. The van der Waals surface area contributed by atoms with Crippen molar-refractivity contribution in [2.45, 2.75) is 46.1 Å². The van der Waals surface area contributed by atoms with Crippen LogP contribution in [0.3, 0.4) is 0 Å². The smallest absolute Gasteiger partial charge is 0.244 e. The number of aryl methyl sites for hydroxylation is 1. The SMILES string of the molecule is Cc1nc(N2CCCC2C(=O)N(C)C)c2c(CC(C)C)csc2n1. The van der Waals surface area contributed by atoms with Gasteiger partial charge < -0.3 is 9.80 Å². The lowest BCUT2D eigenvalue weighted by molar-refractivity contribution is -0.129. The number of anilines is 1. The Kier molecular flexibility index (Phi) is 4.76. The number of carbonyl (C=O) groups excluding carboxylic acids is 1. The number of nitrogens with zero attached hydrogens (tertiary/aromatic N) is 4. The van der Waals surface area contributed by atoms with Crippen LogP contribution in [0.15, 0.2) is 5.38 Å². The summed E-state index contributed by atoms with van der Waals surface area (Å²) in [7, 11) is 3.66. The zero-order valence-corrected chi connectivity index (χ0v) is 16.0. The first-order chi connectivity index (χ1) is 11.4. The second-order valence-electron chi connectivity index (χ2n) is 7.22. The summed E-state index contributed by atoms with van der Waals surface area (Å²) in [5.74, 6) is 2.47. The quantitative estimate of drug-likeness (QED) is 0.853. The molecule has 0 radical (unpaired) electrons. The Morgan fingerprint density at radius 3 is 2.83 bits per heavy atom. The van der Waals surface area contributed by atoms with Gasteiger partial charge in [0.05, 0.1) is 5.39 Å². The molecule has 0 aromatic carbocycles. The lowest BCUT2D eigenvalue weighted by Crippen LogP contribution is -2.43. The van der Waals surface area contributed by atoms with E-state index in [1.807, 2.05) is 21.0 Å². The van der Waals surface area contributed by atoms with Gasteiger partial charge in [0.2, 0.25) is 5.91 Å². The number of hydrogen-bond donors (Lipinski definition) is 0. The molecule has 0 aliphatic carbocycles. The second kappa shape index (κ2) is 6.67. The number of thiophene rings is 1. The summed E-state index contributed by atoms with van der Waals surface area (Å²) < 4.78 is 0. The monoisotopic (exact) mass is 346 g/mol. The van der Waals surface area contributed by atoms with Crippen molar-refractivity contribution in [1.29, 1.82) is 0 Å². The molecule has 1 saturated heterocycles. The van der Waals surface area contributed by atoms with E-state index in [2.05, 4.69) is 29.1 Å². The zero-order valence-electron chi connectivity index (χ0n) is 15.2. The maximum absolute atomic E-state index is 12.6. The van der Waals surface area contributed by atoms with Gasteiger partial charge in [-0.3, -0.25) is 4.79 Å². The van der Waals surface area contributed by atoms with E-state index >= 15 is 0 Å². The molecular weight excluding hydrogens is 320 g/mol. The first-order valence-corrected chi connectivity index (χ1v) is 9.49. The number of likely N-dealkylation sites (N-methyl/N-ethyl adjacent to an activating group) is 1. The minimum absolute atomic E-state index is 0.107. The fourth-order valence-electron chi connectivity index (χ4n) is 3.46. The summed E-state index contributed by atoms with van der Waals surface area (Å²) in [6, 6.07) is -0.107. The molecule has 0 bridgehead atoms. The third-order valence-corrected chi connectivity index (χ3v) is 5.40. The van der Waals surface area contributed by atoms with Crippen LogP contribution in [-0.4, -0.2) is 47.5 Å². The van der Waals surface area contributed by atoms with Crippen molar-refractivity contribution in [2.24, 2.45) is 5.92 Å². The molecule has 6 heteroatoms. The Bertz CT molecular complexity index is 753. The van der Waals surface area contributed by atoms with Crippen LogP contribution in [0.25, 0.3) is 10.2 Å². The summed E-state index contributed by atoms with van der Waals surface area (Å²) in [6.45, 7) is 7.27. The molecule has 3 heterocycles. The van der Waals surface area contributed by atoms with Crippen LogP contribution in [0.5, 0.6) is 0 Å². The molecule has 1 amide bonds. The van der Waals surface area contributed by atoms with Crippen LogP contribution in [0, 0.1) is 12.8 Å². The standard InChI is InChI=1S/C18H26N4OS/c1-11(2)9-13-10-24-17-15(13)16(19-12(3)20-17)22-8-6-7-14(22)18(23)21(4)5/h10-11,14H,6-9H2,1-5H3. The lowest BCUT2D eigenvalue weighted by atomic mass is 10.0. The highest BCUT2D eigenvalue weighted by Crippen LogP contribution is 2.36. The van der Waals surface area contributed by atoms with E-state index in [9.17, 15) is 4.79 Å². The first-order valence-electron chi connectivity index (χ1n) is 8.61. The van der Waals surface area contributed by atoms with E-state index in [1.165, 1.54) is 5.56 Å². The Labute approximate surface area is 147 Å². The largest absolute Gasteiger partial charge is 0.347 e. The topological polar surface area (TPSA) is 49.3 Å². The third-order valence-electron chi connectivity index (χ3n) is 4.48. The Morgan fingerprint density at radius 1 is 1.42 bits per heavy atom. The van der Waals surface area contributed by atoms with Crippen molar-refractivity contribution < 1.29 is 4.79 Å². The molecule has 0 spiro atoms. The van der Waals surface area contributed by atoms with E-state index in [0.29, 0.717) is 5.92 Å². The second-order valence-corrected chi connectivity index (χ2v) is 8.08. The van der Waals surface area contributed by atoms with E-state index < -0.39 is 0 Å². The maximum atomic E-state index is 12.6. The molecule has 24 heavy (non-hydrogen) atoms. The Morgan fingerprint density at radius 2 is 2.17 bits per heavy atom. The lowest BCUT2D eigenvalue weighted by Gasteiger charge is -2.28. The van der Waals surface area contributed by atoms with Gasteiger partial charge in [0, 0.05) is 20.6 Å². The molecule has 2 aromatic rings. The minimum Gasteiger partial charge on any atom is -0.347 e. The van der Waals surface area contributed by atoms with Crippen molar-refractivity contribution in [2.75, 3.05) is 25.5 Å². The molecule has 2 aromatic heterocycles. The van der Waals surface area contributed by atoms with Crippen LogP contribution in [0.1, 0.15) is 38.1 Å². The summed E-state index contributed by atoms with van der Waals surface area (Å²) in [6.07, 6.45) is 2.93. The van der Waals surface area contributed by atoms with Gasteiger partial charge in [-0.2, -0.15) is 0 Å². The Hall–Kier alpha value is -1.69. The minimum atomic E-state index is -0.107. The van der Waals surface area contributed by atoms with Crippen LogP contribution < -0.4 is 4.90 Å². The van der Waals surface area contributed by atoms with Crippen molar-refractivity contribution in [3.8, 4) is 0 Å². The number of amides is 1. The number of hydrogen-bond acceptors (Lipinski definition) is 5. The normalized spacial score (nSPS) is 17.9. The number of rotatable bonds is 4. The van der Waals surface area contributed by atoms with E-state index in [-0.39, 0.29) is 11.9 Å². The van der Waals surface area contributed by atoms with Gasteiger partial charge in [-0.25, -0.2) is 9.97 Å². The fourth-order valence-corrected chi connectivity index (χ4v) is 4.45. The van der Waals surface area contributed by atoms with E-state index in [4.69, 9.17) is 4.98 Å². The molecule has 1 atom stereocenters. The molecule has 3 rings (SSSR count). The van der Waals surface area contributed by atoms with Crippen molar-refractivity contribution in [1.82, 2.24) is 14.9 Å². The zero-order chi connectivity index (χ0) is 17.4. The molecule has 0 N–H and O–H groups in total. The van der Waals surface area contributed by atoms with Crippen LogP contribution >= 0.6 is 11.3 Å². The van der Waals surface area contributed by atoms with Crippen LogP contribution in [0.2, 0.25) is 0 Å². The fraction of sp³-hybridized carbons (Fsp3) is 0.611. The molecule has 1 unspecified atom stereocenters. The van der Waals surface area contributed by atoms with Crippen molar-refractivity contribution >= 4 is 33.3 Å². The summed E-state index contributed by atoms with van der Waals surface area (Å²) in [5, 5.41) is 3.36. The van der Waals surface area contributed by atoms with Gasteiger partial charge in [-0.1, -0.05) is 13.8 Å². The van der Waals surface area contributed by atoms with Gasteiger partial charge in [0.15, 0.2) is 0 Å². The molecule has 1 aliphatic rings. The highest BCUT2D eigenvalue weighted by Gasteiger charge is 2.34. The Balaban J connectivity index is 2.10. The molecule has 0 saturated carbocycles. The van der Waals surface area contributed by atoms with Crippen LogP contribution in [0.4, 0.5) is 5.82 Å². The number of fused-ring (bicyclic) bond motifs is 1. The molecule has 1 fully saturated rings. The van der Waals surface area contributed by atoms with Crippen molar-refractivity contribution in [3.63, 3.8) is 0 Å². The maximum Gasteiger partial charge on any atom is 0.244 e. The van der Waals surface area contributed by atoms with Crippen LogP contribution in [-0.2, 0) is 11.2 Å². The van der Waals surface area contributed by atoms with Gasteiger partial charge >= 0.3 is 0 Å². The first kappa shape index (κ1) is 17.1. The van der Waals surface area contributed by atoms with E-state index in [1.54, 1.807) is 16.2 Å². The summed E-state index contributed by atoms with van der Waals surface area (Å²) in [4.78, 5) is 26.9. The highest BCUT2D eigenvalue weighted by molar-refractivity contribution is 7.17. The predicted molar refractivity (Wildman–Crippen MR) is 99.8 cm³/mol. The molecule has 1 aliphatic heterocycles. The van der Waals surface area contributed by atoms with Gasteiger partial charge in [-0.15, -0.1) is 11.3 Å². The molecule has 5 nitrogen and oxygen atoms in total. The highest BCUT2D eigenvalue weighted by atomic mass is 32.1. The third kappa shape index (κ3) is 3.11. The van der Waals surface area contributed by atoms with Crippen molar-refractivity contribution in [3.05, 3.63) is 16.8 Å². The number of aromatic nitrogens is 2. The summed E-state index contributed by atoms with van der Waals surface area (Å²) >= 11 is 1.69. The molecule has 130 valence electrons. The van der Waals surface area contributed by atoms with E-state index in [0.717, 1.165) is 47.7 Å². The predicted octanol–water partition coefficient (Wildman–Crippen LogP) is 3.26. The average Bonchev–Trinajstić information content (AvgIpc) is 3.12. The number of carbonyl (C=O) groups is 1. The van der Waals surface area contributed by atoms with Gasteiger partial charge in [0.1, 0.15) is 22.5 Å². The van der Waals surface area contributed by atoms with Gasteiger partial charge in [-0.05, 0) is 43.0 Å².